The van der Waals surface area contributed by atoms with Crippen LogP contribution in [0.4, 0.5) is 0 Å². The maximum atomic E-state index is 5.62. The third-order valence-corrected chi connectivity index (χ3v) is 8.91. The van der Waals surface area contributed by atoms with Crippen molar-refractivity contribution >= 4 is 0 Å². The number of rotatable bonds is 7. The largest absolute Gasteiger partial charge is 0.494 e. The Balaban J connectivity index is 1.21. The van der Waals surface area contributed by atoms with E-state index in [1.165, 1.54) is 77.0 Å². The number of benzene rings is 1. The van der Waals surface area contributed by atoms with E-state index in [9.17, 15) is 0 Å². The van der Waals surface area contributed by atoms with Crippen LogP contribution in [0.3, 0.4) is 0 Å². The van der Waals surface area contributed by atoms with Crippen molar-refractivity contribution in [1.29, 1.82) is 0 Å². The van der Waals surface area contributed by atoms with Crippen LogP contribution >= 0.6 is 0 Å². The van der Waals surface area contributed by atoms with Crippen LogP contribution in [-0.2, 0) is 0 Å². The number of hydrogen-bond donors (Lipinski definition) is 0. The Morgan fingerprint density at radius 1 is 0.690 bits per heavy atom. The fourth-order valence-electron chi connectivity index (χ4n) is 6.95. The van der Waals surface area contributed by atoms with E-state index in [-0.39, 0.29) is 0 Å². The van der Waals surface area contributed by atoms with Crippen LogP contribution < -0.4 is 4.74 Å². The maximum absolute atomic E-state index is 5.62. The first-order valence-corrected chi connectivity index (χ1v) is 13.0. The molecule has 4 atom stereocenters. The predicted octanol–water partition coefficient (Wildman–Crippen LogP) is 8.38. The molecule has 1 aromatic rings. The molecule has 0 heterocycles. The van der Waals surface area contributed by atoms with Gasteiger partial charge in [0.15, 0.2) is 0 Å². The van der Waals surface area contributed by atoms with Crippen molar-refractivity contribution < 1.29 is 4.74 Å². The van der Waals surface area contributed by atoms with Gasteiger partial charge in [0.25, 0.3) is 0 Å². The number of ether oxygens (including phenoxy) is 1. The van der Waals surface area contributed by atoms with Gasteiger partial charge in [0.05, 0.1) is 6.61 Å². The Morgan fingerprint density at radius 3 is 2.03 bits per heavy atom. The molecule has 1 heteroatoms. The first-order valence-electron chi connectivity index (χ1n) is 13.0. The Morgan fingerprint density at radius 2 is 1.31 bits per heavy atom. The van der Waals surface area contributed by atoms with Crippen molar-refractivity contribution in [2.45, 2.75) is 103 Å². The van der Waals surface area contributed by atoms with Crippen molar-refractivity contribution in [3.8, 4) is 5.75 Å². The third-order valence-electron chi connectivity index (χ3n) is 8.91. The standard InChI is InChI=1S/C28H44O/c1-3-21-5-7-22(8-6-21)9-10-23-11-12-27-20-26(14-13-25(27)19-23)24-15-17-28(18-16-24)29-4-2/h15-18,21-23,25-27H,3-14,19-20H2,1-2H3. The summed E-state index contributed by atoms with van der Waals surface area (Å²) < 4.78 is 5.62. The lowest BCUT2D eigenvalue weighted by atomic mass is 9.63. The summed E-state index contributed by atoms with van der Waals surface area (Å²) in [6.45, 7) is 5.20. The van der Waals surface area contributed by atoms with E-state index in [2.05, 4.69) is 38.1 Å². The van der Waals surface area contributed by atoms with Gasteiger partial charge in [-0.2, -0.15) is 0 Å². The van der Waals surface area contributed by atoms with Gasteiger partial charge in [-0.25, -0.2) is 0 Å². The summed E-state index contributed by atoms with van der Waals surface area (Å²) >= 11 is 0. The van der Waals surface area contributed by atoms with Crippen LogP contribution in [0.2, 0.25) is 0 Å². The summed E-state index contributed by atoms with van der Waals surface area (Å²) in [7, 11) is 0. The molecular formula is C28H44O. The molecular weight excluding hydrogens is 352 g/mol. The Bertz CT molecular complexity index is 597. The van der Waals surface area contributed by atoms with Gasteiger partial charge in [0, 0.05) is 0 Å². The molecule has 3 aliphatic rings. The van der Waals surface area contributed by atoms with Gasteiger partial charge in [-0.3, -0.25) is 0 Å². The molecule has 0 N–H and O–H groups in total. The van der Waals surface area contributed by atoms with Gasteiger partial charge in [0.1, 0.15) is 5.75 Å². The average Bonchev–Trinajstić information content (AvgIpc) is 2.78. The predicted molar refractivity (Wildman–Crippen MR) is 123 cm³/mol. The van der Waals surface area contributed by atoms with Crippen LogP contribution in [0.1, 0.15) is 109 Å². The van der Waals surface area contributed by atoms with Gasteiger partial charge >= 0.3 is 0 Å². The lowest BCUT2D eigenvalue weighted by Gasteiger charge is -2.43. The molecule has 1 nitrogen and oxygen atoms in total. The van der Waals surface area contributed by atoms with Gasteiger partial charge < -0.3 is 4.74 Å². The molecule has 0 aliphatic heterocycles. The molecule has 3 fully saturated rings. The maximum Gasteiger partial charge on any atom is 0.119 e. The van der Waals surface area contributed by atoms with Crippen LogP contribution in [0.25, 0.3) is 0 Å². The van der Waals surface area contributed by atoms with Crippen molar-refractivity contribution in [2.24, 2.45) is 29.6 Å². The van der Waals surface area contributed by atoms with Gasteiger partial charge in [-0.05, 0) is 92.2 Å². The average molecular weight is 397 g/mol. The lowest BCUT2D eigenvalue weighted by Crippen LogP contribution is -2.30. The summed E-state index contributed by atoms with van der Waals surface area (Å²) in [6.07, 6.45) is 19.5. The number of fused-ring (bicyclic) bond motifs is 1. The fraction of sp³-hybridized carbons (Fsp3) is 0.786. The second kappa shape index (κ2) is 10.4. The van der Waals surface area contributed by atoms with Crippen LogP contribution in [0.15, 0.2) is 24.3 Å². The van der Waals surface area contributed by atoms with E-state index < -0.39 is 0 Å². The second-order valence-electron chi connectivity index (χ2n) is 10.6. The minimum Gasteiger partial charge on any atom is -0.494 e. The first kappa shape index (κ1) is 21.3. The Labute approximate surface area is 180 Å². The minimum atomic E-state index is 0.758. The summed E-state index contributed by atoms with van der Waals surface area (Å²) in [4.78, 5) is 0. The molecule has 0 saturated heterocycles. The smallest absolute Gasteiger partial charge is 0.119 e. The van der Waals surface area contributed by atoms with Crippen LogP contribution in [-0.4, -0.2) is 6.61 Å². The summed E-state index contributed by atoms with van der Waals surface area (Å²) in [5.74, 6) is 6.99. The molecule has 1 aromatic carbocycles. The molecule has 3 aliphatic carbocycles. The van der Waals surface area contributed by atoms with Gasteiger partial charge in [-0.15, -0.1) is 0 Å². The van der Waals surface area contributed by atoms with Crippen molar-refractivity contribution in [3.05, 3.63) is 29.8 Å². The highest BCUT2D eigenvalue weighted by Gasteiger charge is 2.36. The van der Waals surface area contributed by atoms with E-state index >= 15 is 0 Å². The normalized spacial score (nSPS) is 35.1. The molecule has 4 rings (SSSR count). The molecule has 0 spiro atoms. The van der Waals surface area contributed by atoms with Crippen LogP contribution in [0, 0.1) is 29.6 Å². The molecule has 162 valence electrons. The molecule has 0 aromatic heterocycles. The van der Waals surface area contributed by atoms with E-state index in [0.29, 0.717) is 0 Å². The van der Waals surface area contributed by atoms with Crippen molar-refractivity contribution in [1.82, 2.24) is 0 Å². The van der Waals surface area contributed by atoms with Gasteiger partial charge in [-0.1, -0.05) is 70.4 Å². The Kier molecular flexibility index (Phi) is 7.60. The molecule has 3 saturated carbocycles. The third kappa shape index (κ3) is 5.59. The molecule has 4 unspecified atom stereocenters. The Hall–Kier alpha value is -0.980. The quantitative estimate of drug-likeness (QED) is 0.449. The highest BCUT2D eigenvalue weighted by Crippen LogP contribution is 2.49. The van der Waals surface area contributed by atoms with Crippen molar-refractivity contribution in [3.63, 3.8) is 0 Å². The summed E-state index contributed by atoms with van der Waals surface area (Å²) in [6, 6.07) is 9.01. The van der Waals surface area contributed by atoms with Crippen LogP contribution in [0.5, 0.6) is 5.75 Å². The van der Waals surface area contributed by atoms with Gasteiger partial charge in [0.2, 0.25) is 0 Å². The summed E-state index contributed by atoms with van der Waals surface area (Å²) in [5, 5.41) is 0. The zero-order chi connectivity index (χ0) is 20.1. The van der Waals surface area contributed by atoms with E-state index in [1.807, 2.05) is 0 Å². The van der Waals surface area contributed by atoms with E-state index in [0.717, 1.165) is 47.9 Å². The molecule has 0 amide bonds. The van der Waals surface area contributed by atoms with E-state index in [4.69, 9.17) is 4.74 Å². The summed E-state index contributed by atoms with van der Waals surface area (Å²) in [5.41, 5.74) is 1.55. The zero-order valence-corrected chi connectivity index (χ0v) is 19.1. The lowest BCUT2D eigenvalue weighted by molar-refractivity contribution is 0.109. The zero-order valence-electron chi connectivity index (χ0n) is 19.1. The SMILES string of the molecule is CCOc1ccc(C2CCC3CC(CCC4CCC(CC)CC4)CCC3C2)cc1. The molecule has 0 bridgehead atoms. The first-order chi connectivity index (χ1) is 14.2. The molecule has 0 radical (unpaired) electrons. The highest BCUT2D eigenvalue weighted by atomic mass is 16.5. The second-order valence-corrected chi connectivity index (χ2v) is 10.6. The fourth-order valence-corrected chi connectivity index (χ4v) is 6.95. The van der Waals surface area contributed by atoms with Crippen molar-refractivity contribution in [2.75, 3.05) is 6.61 Å². The minimum absolute atomic E-state index is 0.758. The molecule has 29 heavy (non-hydrogen) atoms. The van der Waals surface area contributed by atoms with E-state index in [1.54, 1.807) is 12.0 Å². The number of hydrogen-bond acceptors (Lipinski definition) is 1. The topological polar surface area (TPSA) is 9.23 Å². The highest BCUT2D eigenvalue weighted by molar-refractivity contribution is 5.29. The monoisotopic (exact) mass is 396 g/mol.